The summed E-state index contributed by atoms with van der Waals surface area (Å²) in [6.45, 7) is 0.282. The highest BCUT2D eigenvalue weighted by atomic mass is 35.5. The quantitative estimate of drug-likeness (QED) is 0.793. The molecule has 2 aromatic rings. The third-order valence-corrected chi connectivity index (χ3v) is 3.39. The van der Waals surface area contributed by atoms with Crippen molar-refractivity contribution in [3.63, 3.8) is 0 Å². The number of rotatable bonds is 5. The molecular formula is C15H15ClN2O3. The molecule has 0 saturated carbocycles. The number of nitrogens with two attached hydrogens (primary N) is 1. The third-order valence-electron chi connectivity index (χ3n) is 3.03. The van der Waals surface area contributed by atoms with Gasteiger partial charge >= 0.3 is 0 Å². The van der Waals surface area contributed by atoms with E-state index in [0.717, 1.165) is 0 Å². The van der Waals surface area contributed by atoms with Crippen LogP contribution in [0.5, 0.6) is 11.5 Å². The fraction of sp³-hybridized carbons (Fsp3) is 0.133. The van der Waals surface area contributed by atoms with E-state index < -0.39 is 5.91 Å². The van der Waals surface area contributed by atoms with Crippen molar-refractivity contribution >= 4 is 23.2 Å². The van der Waals surface area contributed by atoms with Crippen molar-refractivity contribution in [3.8, 4) is 11.5 Å². The summed E-state index contributed by atoms with van der Waals surface area (Å²) < 4.78 is 5.22. The van der Waals surface area contributed by atoms with Gasteiger partial charge in [0, 0.05) is 22.7 Å². The number of phenolic OH excluding ortho intramolecular Hbond substituents is 1. The van der Waals surface area contributed by atoms with Crippen LogP contribution < -0.4 is 15.8 Å². The Labute approximate surface area is 127 Å². The first-order valence-corrected chi connectivity index (χ1v) is 6.58. The molecular weight excluding hydrogens is 292 g/mol. The number of benzene rings is 2. The minimum absolute atomic E-state index is 0.0972. The zero-order chi connectivity index (χ0) is 15.4. The lowest BCUT2D eigenvalue weighted by molar-refractivity contribution is 0.100. The van der Waals surface area contributed by atoms with Crippen LogP contribution in [-0.4, -0.2) is 18.1 Å². The van der Waals surface area contributed by atoms with E-state index in [1.165, 1.54) is 7.11 Å². The van der Waals surface area contributed by atoms with Crippen LogP contribution in [0.3, 0.4) is 0 Å². The third kappa shape index (κ3) is 3.38. The van der Waals surface area contributed by atoms with Gasteiger partial charge in [0.2, 0.25) is 5.91 Å². The number of nitrogens with one attached hydrogen (secondary N) is 1. The number of carbonyl (C=O) groups excluding carboxylic acids is 1. The first-order valence-electron chi connectivity index (χ1n) is 6.21. The van der Waals surface area contributed by atoms with Gasteiger partial charge in [-0.3, -0.25) is 4.79 Å². The predicted molar refractivity (Wildman–Crippen MR) is 82.0 cm³/mol. The number of methoxy groups -OCH3 is 1. The maximum absolute atomic E-state index is 11.2. The number of ether oxygens (including phenoxy) is 1. The summed E-state index contributed by atoms with van der Waals surface area (Å²) in [5.41, 5.74) is 6.78. The van der Waals surface area contributed by atoms with Crippen LogP contribution in [0.25, 0.3) is 0 Å². The number of halogens is 1. The van der Waals surface area contributed by atoms with Crippen molar-refractivity contribution < 1.29 is 14.6 Å². The summed E-state index contributed by atoms with van der Waals surface area (Å²) >= 11 is 6.05. The zero-order valence-electron chi connectivity index (χ0n) is 11.4. The van der Waals surface area contributed by atoms with E-state index in [1.807, 2.05) is 0 Å². The monoisotopic (exact) mass is 306 g/mol. The van der Waals surface area contributed by atoms with Crippen LogP contribution in [0.4, 0.5) is 5.69 Å². The molecule has 2 rings (SSSR count). The maximum atomic E-state index is 11.2. The van der Waals surface area contributed by atoms with Gasteiger partial charge in [0.25, 0.3) is 0 Å². The normalized spacial score (nSPS) is 10.2. The van der Waals surface area contributed by atoms with E-state index in [1.54, 1.807) is 36.4 Å². The van der Waals surface area contributed by atoms with Crippen LogP contribution in [0, 0.1) is 0 Å². The smallest absolute Gasteiger partial charge is 0.248 e. The maximum Gasteiger partial charge on any atom is 0.248 e. The summed E-state index contributed by atoms with van der Waals surface area (Å²) in [6.07, 6.45) is 0. The summed E-state index contributed by atoms with van der Waals surface area (Å²) in [4.78, 5) is 11.2. The molecule has 0 heterocycles. The number of hydrogen-bond donors (Lipinski definition) is 3. The fourth-order valence-electron chi connectivity index (χ4n) is 1.91. The average Bonchev–Trinajstić information content (AvgIpc) is 2.46. The van der Waals surface area contributed by atoms with Gasteiger partial charge in [-0.2, -0.15) is 0 Å². The molecule has 0 saturated heterocycles. The second-order valence-electron chi connectivity index (χ2n) is 4.37. The largest absolute Gasteiger partial charge is 0.508 e. The summed E-state index contributed by atoms with van der Waals surface area (Å²) in [5, 5.41) is 13.3. The van der Waals surface area contributed by atoms with Crippen molar-refractivity contribution in [2.24, 2.45) is 5.73 Å². The molecule has 5 nitrogen and oxygen atoms in total. The molecule has 0 aliphatic carbocycles. The molecule has 0 atom stereocenters. The Kier molecular flexibility index (Phi) is 4.55. The van der Waals surface area contributed by atoms with Gasteiger partial charge in [-0.25, -0.2) is 0 Å². The van der Waals surface area contributed by atoms with E-state index in [-0.39, 0.29) is 12.3 Å². The van der Waals surface area contributed by atoms with Crippen LogP contribution in [0.15, 0.2) is 36.4 Å². The Hall–Kier alpha value is -2.40. The molecule has 21 heavy (non-hydrogen) atoms. The summed E-state index contributed by atoms with van der Waals surface area (Å²) in [7, 11) is 1.53. The number of carbonyl (C=O) groups is 1. The van der Waals surface area contributed by atoms with Crippen LogP contribution in [0.2, 0.25) is 5.02 Å². The zero-order valence-corrected chi connectivity index (χ0v) is 12.1. The molecule has 0 radical (unpaired) electrons. The van der Waals surface area contributed by atoms with Crippen molar-refractivity contribution in [1.82, 2.24) is 0 Å². The lowest BCUT2D eigenvalue weighted by Gasteiger charge is -2.13. The lowest BCUT2D eigenvalue weighted by Crippen LogP contribution is -2.12. The first-order chi connectivity index (χ1) is 10.0. The number of aromatic hydroxyl groups is 1. The molecule has 0 aromatic heterocycles. The molecule has 0 aliphatic heterocycles. The molecule has 0 bridgehead atoms. The Balaban J connectivity index is 2.26. The van der Waals surface area contributed by atoms with Crippen molar-refractivity contribution in [2.45, 2.75) is 6.54 Å². The van der Waals surface area contributed by atoms with Gasteiger partial charge in [-0.05, 0) is 30.3 Å². The van der Waals surface area contributed by atoms with Crippen molar-refractivity contribution in [3.05, 3.63) is 52.5 Å². The van der Waals surface area contributed by atoms with E-state index in [9.17, 15) is 9.90 Å². The van der Waals surface area contributed by atoms with Gasteiger partial charge in [0.05, 0.1) is 12.8 Å². The van der Waals surface area contributed by atoms with Gasteiger partial charge in [-0.15, -0.1) is 0 Å². The summed E-state index contributed by atoms with van der Waals surface area (Å²) in [6, 6.07) is 9.73. The van der Waals surface area contributed by atoms with Gasteiger partial charge in [0.15, 0.2) is 0 Å². The van der Waals surface area contributed by atoms with Gasteiger partial charge in [0.1, 0.15) is 11.5 Å². The van der Waals surface area contributed by atoms with E-state index in [4.69, 9.17) is 22.1 Å². The molecule has 110 valence electrons. The molecule has 0 aliphatic rings. The molecule has 4 N–H and O–H groups in total. The second kappa shape index (κ2) is 6.37. The molecule has 0 unspecified atom stereocenters. The standard InChI is InChI=1S/C15H15ClN2O3/c1-21-14-6-5-9(15(17)20)7-12(14)18-8-10-11(16)3-2-4-13(10)19/h2-7,18-19H,8H2,1H3,(H2,17,20). The van der Waals surface area contributed by atoms with Crippen LogP contribution in [0.1, 0.15) is 15.9 Å². The molecule has 6 heteroatoms. The predicted octanol–water partition coefficient (Wildman–Crippen LogP) is 2.77. The van der Waals surface area contributed by atoms with E-state index >= 15 is 0 Å². The average molecular weight is 307 g/mol. The van der Waals surface area contributed by atoms with Crippen molar-refractivity contribution in [1.29, 1.82) is 0 Å². The van der Waals surface area contributed by atoms with E-state index in [0.29, 0.717) is 27.6 Å². The van der Waals surface area contributed by atoms with Crippen molar-refractivity contribution in [2.75, 3.05) is 12.4 Å². The first kappa shape index (κ1) is 15.0. The Morgan fingerprint density at radius 1 is 1.38 bits per heavy atom. The topological polar surface area (TPSA) is 84.6 Å². The number of anilines is 1. The highest BCUT2D eigenvalue weighted by Gasteiger charge is 2.10. The molecule has 2 aromatic carbocycles. The lowest BCUT2D eigenvalue weighted by atomic mass is 10.1. The number of hydrogen-bond acceptors (Lipinski definition) is 4. The van der Waals surface area contributed by atoms with E-state index in [2.05, 4.69) is 5.32 Å². The SMILES string of the molecule is COc1ccc(C(N)=O)cc1NCc1c(O)cccc1Cl. The van der Waals surface area contributed by atoms with Crippen LogP contribution in [-0.2, 0) is 6.54 Å². The number of primary amides is 1. The highest BCUT2D eigenvalue weighted by Crippen LogP contribution is 2.29. The molecule has 0 spiro atoms. The van der Waals surface area contributed by atoms with Crippen LogP contribution >= 0.6 is 11.6 Å². The number of amides is 1. The Morgan fingerprint density at radius 2 is 2.14 bits per heavy atom. The second-order valence-corrected chi connectivity index (χ2v) is 4.78. The van der Waals surface area contributed by atoms with Gasteiger partial charge < -0.3 is 20.9 Å². The Bertz CT molecular complexity index is 654. The Morgan fingerprint density at radius 3 is 2.76 bits per heavy atom. The molecule has 0 fully saturated rings. The highest BCUT2D eigenvalue weighted by molar-refractivity contribution is 6.31. The minimum Gasteiger partial charge on any atom is -0.508 e. The number of phenols is 1. The fourth-order valence-corrected chi connectivity index (χ4v) is 2.14. The molecule has 1 amide bonds. The minimum atomic E-state index is -0.527. The van der Waals surface area contributed by atoms with Gasteiger partial charge in [-0.1, -0.05) is 17.7 Å². The summed E-state index contributed by atoms with van der Waals surface area (Å²) in [5.74, 6) is 0.132.